The van der Waals surface area contributed by atoms with Crippen molar-refractivity contribution in [3.63, 3.8) is 0 Å². The molecule has 7 nitrogen and oxygen atoms in total. The van der Waals surface area contributed by atoms with E-state index in [9.17, 15) is 19.8 Å². The zero-order valence-electron chi connectivity index (χ0n) is 15.0. The number of hydrogen-bond acceptors (Lipinski definition) is 7. The summed E-state index contributed by atoms with van der Waals surface area (Å²) in [5, 5.41) is 29.5. The number of phenols is 2. The van der Waals surface area contributed by atoms with Crippen LogP contribution in [0.3, 0.4) is 0 Å². The lowest BCUT2D eigenvalue weighted by molar-refractivity contribution is -0.137. The molecule has 0 atom stereocenters. The number of thiocarbonyl (C=S) groups is 1. The highest BCUT2D eigenvalue weighted by Crippen LogP contribution is 2.42. The van der Waals surface area contributed by atoms with Crippen molar-refractivity contribution < 1.29 is 29.6 Å². The number of carboxylic acid groups (broad SMARTS) is 1. The molecule has 0 radical (unpaired) electrons. The maximum atomic E-state index is 12.6. The number of hydrogen-bond donors (Lipinski definition) is 3. The molecule has 1 saturated heterocycles. The first-order valence-electron chi connectivity index (χ1n) is 8.39. The van der Waals surface area contributed by atoms with Crippen molar-refractivity contribution in [1.82, 2.24) is 4.90 Å². The molecule has 0 aromatic heterocycles. The minimum Gasteiger partial charge on any atom is -0.507 e. The van der Waals surface area contributed by atoms with Crippen molar-refractivity contribution in [2.24, 2.45) is 0 Å². The van der Waals surface area contributed by atoms with Crippen molar-refractivity contribution in [1.29, 1.82) is 0 Å². The third-order valence-corrected chi connectivity index (χ3v) is 5.41. The van der Waals surface area contributed by atoms with E-state index in [1.165, 1.54) is 24.2 Å². The number of carboxylic acids is 1. The molecule has 0 bridgehead atoms. The molecule has 27 heavy (non-hydrogen) atoms. The molecule has 1 aliphatic rings. The van der Waals surface area contributed by atoms with Crippen LogP contribution < -0.4 is 4.74 Å². The molecule has 0 aliphatic carbocycles. The molecular formula is C18H21NO6S2. The maximum Gasteiger partial charge on any atom is 0.303 e. The number of rotatable bonds is 8. The molecular weight excluding hydrogens is 390 g/mol. The second kappa shape index (κ2) is 9.09. The van der Waals surface area contributed by atoms with Crippen molar-refractivity contribution in [3.8, 4) is 17.2 Å². The van der Waals surface area contributed by atoms with Crippen LogP contribution in [-0.4, -0.2) is 50.1 Å². The minimum atomic E-state index is -0.932. The Morgan fingerprint density at radius 3 is 2.70 bits per heavy atom. The first kappa shape index (κ1) is 21.0. The average Bonchev–Trinajstić information content (AvgIpc) is 2.88. The van der Waals surface area contributed by atoms with Gasteiger partial charge in [0.1, 0.15) is 10.1 Å². The van der Waals surface area contributed by atoms with Gasteiger partial charge in [-0.3, -0.25) is 14.5 Å². The van der Waals surface area contributed by atoms with Gasteiger partial charge in [-0.1, -0.05) is 37.3 Å². The molecule has 1 fully saturated rings. The number of thioether (sulfide) groups is 1. The molecule has 3 N–H and O–H groups in total. The number of benzene rings is 1. The van der Waals surface area contributed by atoms with Crippen LogP contribution in [0.15, 0.2) is 11.0 Å². The van der Waals surface area contributed by atoms with Gasteiger partial charge in [-0.25, -0.2) is 0 Å². The average molecular weight is 412 g/mol. The van der Waals surface area contributed by atoms with E-state index in [2.05, 4.69) is 0 Å². The quantitative estimate of drug-likeness (QED) is 0.340. The van der Waals surface area contributed by atoms with Crippen LogP contribution in [0.5, 0.6) is 17.2 Å². The number of amides is 1. The Morgan fingerprint density at radius 1 is 1.41 bits per heavy atom. The number of ether oxygens (including phenoxy) is 1. The fourth-order valence-corrected chi connectivity index (χ4v) is 4.02. The van der Waals surface area contributed by atoms with Crippen LogP contribution in [0.25, 0.3) is 6.08 Å². The van der Waals surface area contributed by atoms with E-state index in [1.54, 1.807) is 0 Å². The highest BCUT2D eigenvalue weighted by atomic mass is 32.2. The normalized spacial score (nSPS) is 15.6. The van der Waals surface area contributed by atoms with E-state index in [4.69, 9.17) is 22.1 Å². The predicted octanol–water partition coefficient (Wildman–Crippen LogP) is 3.12. The number of aromatic hydroxyl groups is 2. The number of nitrogens with zero attached hydrogens (tertiary/aromatic N) is 1. The maximum absolute atomic E-state index is 12.6. The van der Waals surface area contributed by atoms with Crippen LogP contribution in [-0.2, 0) is 16.0 Å². The highest BCUT2D eigenvalue weighted by Gasteiger charge is 2.32. The smallest absolute Gasteiger partial charge is 0.303 e. The molecule has 1 aromatic carbocycles. The Hall–Kier alpha value is -2.26. The van der Waals surface area contributed by atoms with Gasteiger partial charge in [0.15, 0.2) is 11.5 Å². The van der Waals surface area contributed by atoms with Gasteiger partial charge in [0, 0.05) is 30.2 Å². The second-order valence-corrected chi connectivity index (χ2v) is 7.60. The summed E-state index contributed by atoms with van der Waals surface area (Å²) in [6.07, 6.45) is 2.96. The molecule has 0 spiro atoms. The number of aliphatic carboxylic acids is 1. The van der Waals surface area contributed by atoms with Crippen LogP contribution in [0.2, 0.25) is 0 Å². The van der Waals surface area contributed by atoms with E-state index >= 15 is 0 Å². The molecule has 0 saturated carbocycles. The fraction of sp³-hybridized carbons (Fsp3) is 0.389. The minimum absolute atomic E-state index is 0.0517. The summed E-state index contributed by atoms with van der Waals surface area (Å²) >= 11 is 6.30. The SMILES string of the molecule is CCCc1c(O)c(OC)cc(O)c1C=C1SC(=S)N(CCCC(=O)O)C1=O. The number of methoxy groups -OCH3 is 1. The highest BCUT2D eigenvalue weighted by molar-refractivity contribution is 8.26. The van der Waals surface area contributed by atoms with Gasteiger partial charge in [0.25, 0.3) is 5.91 Å². The zero-order chi connectivity index (χ0) is 20.1. The summed E-state index contributed by atoms with van der Waals surface area (Å²) in [5.41, 5.74) is 0.840. The Kier molecular flexibility index (Phi) is 7.09. The van der Waals surface area contributed by atoms with Crippen LogP contribution in [0.1, 0.15) is 37.3 Å². The van der Waals surface area contributed by atoms with E-state index in [0.717, 1.165) is 18.2 Å². The lowest BCUT2D eigenvalue weighted by atomic mass is 9.99. The molecule has 146 valence electrons. The van der Waals surface area contributed by atoms with Crippen molar-refractivity contribution in [2.45, 2.75) is 32.6 Å². The summed E-state index contributed by atoms with van der Waals surface area (Å²) < 4.78 is 5.42. The van der Waals surface area contributed by atoms with E-state index in [1.807, 2.05) is 6.92 Å². The summed E-state index contributed by atoms with van der Waals surface area (Å²) in [5.74, 6) is -1.29. The van der Waals surface area contributed by atoms with E-state index in [0.29, 0.717) is 33.2 Å². The Morgan fingerprint density at radius 2 is 2.11 bits per heavy atom. The standard InChI is InChI=1S/C18H21NO6S2/c1-3-5-10-11(12(20)9-13(25-2)16(10)23)8-14-17(24)19(18(26)27-14)7-4-6-15(21)22/h8-9,20,23H,3-7H2,1-2H3,(H,21,22). The molecule has 2 rings (SSSR count). The van der Waals surface area contributed by atoms with Gasteiger partial charge >= 0.3 is 5.97 Å². The van der Waals surface area contributed by atoms with Gasteiger partial charge in [-0.2, -0.15) is 0 Å². The first-order valence-corrected chi connectivity index (χ1v) is 9.61. The zero-order valence-corrected chi connectivity index (χ0v) is 16.7. The number of carbonyl (C=O) groups is 2. The molecule has 0 unspecified atom stereocenters. The van der Waals surface area contributed by atoms with Crippen molar-refractivity contribution in [2.75, 3.05) is 13.7 Å². The van der Waals surface area contributed by atoms with Crippen LogP contribution >= 0.6 is 24.0 Å². The Balaban J connectivity index is 2.35. The van der Waals surface area contributed by atoms with Crippen molar-refractivity contribution in [3.05, 3.63) is 22.1 Å². The van der Waals surface area contributed by atoms with Gasteiger partial charge < -0.3 is 20.1 Å². The molecule has 1 aromatic rings. The van der Waals surface area contributed by atoms with E-state index < -0.39 is 5.97 Å². The Bertz CT molecular complexity index is 806. The third kappa shape index (κ3) is 4.72. The topological polar surface area (TPSA) is 107 Å². The summed E-state index contributed by atoms with van der Waals surface area (Å²) in [6, 6.07) is 1.30. The Labute approximate surface area is 166 Å². The molecule has 1 aliphatic heterocycles. The summed E-state index contributed by atoms with van der Waals surface area (Å²) in [7, 11) is 1.39. The lowest BCUT2D eigenvalue weighted by Crippen LogP contribution is -2.29. The van der Waals surface area contributed by atoms with Gasteiger partial charge in [-0.15, -0.1) is 0 Å². The fourth-order valence-electron chi connectivity index (χ4n) is 2.73. The molecule has 9 heteroatoms. The third-order valence-electron chi connectivity index (χ3n) is 4.03. The van der Waals surface area contributed by atoms with Crippen molar-refractivity contribution >= 4 is 46.3 Å². The predicted molar refractivity (Wildman–Crippen MR) is 107 cm³/mol. The van der Waals surface area contributed by atoms with E-state index in [-0.39, 0.29) is 36.1 Å². The van der Waals surface area contributed by atoms with Crippen LogP contribution in [0, 0.1) is 0 Å². The van der Waals surface area contributed by atoms with Gasteiger partial charge in [0.05, 0.1) is 12.0 Å². The largest absolute Gasteiger partial charge is 0.507 e. The number of carbonyl (C=O) groups excluding carboxylic acids is 1. The lowest BCUT2D eigenvalue weighted by Gasteiger charge is -2.14. The monoisotopic (exact) mass is 411 g/mol. The second-order valence-electron chi connectivity index (χ2n) is 5.92. The summed E-state index contributed by atoms with van der Waals surface area (Å²) in [4.78, 5) is 24.9. The van der Waals surface area contributed by atoms with Crippen LogP contribution in [0.4, 0.5) is 0 Å². The summed E-state index contributed by atoms with van der Waals surface area (Å²) in [6.45, 7) is 2.15. The molecule has 1 heterocycles. The van der Waals surface area contributed by atoms with Gasteiger partial charge in [-0.05, 0) is 18.9 Å². The van der Waals surface area contributed by atoms with Gasteiger partial charge in [0.2, 0.25) is 0 Å². The first-order chi connectivity index (χ1) is 12.8. The molecule has 1 amide bonds. The number of phenolic OH excluding ortho intramolecular Hbond substituents is 2.